The lowest BCUT2D eigenvalue weighted by Crippen LogP contribution is -1.78. The highest BCUT2D eigenvalue weighted by atomic mass is 14.8. The van der Waals surface area contributed by atoms with Crippen LogP contribution in [0.2, 0.25) is 0 Å². The third kappa shape index (κ3) is 6.02. The van der Waals surface area contributed by atoms with Gasteiger partial charge in [0, 0.05) is 12.4 Å². The molecule has 0 saturated carbocycles. The fourth-order valence-electron chi connectivity index (χ4n) is 0.910. The summed E-state index contributed by atoms with van der Waals surface area (Å²) in [6.07, 6.45) is 3.39. The van der Waals surface area contributed by atoms with E-state index in [2.05, 4.69) is 27.2 Å². The van der Waals surface area contributed by atoms with Gasteiger partial charge in [-0.1, -0.05) is 12.1 Å². The van der Waals surface area contributed by atoms with E-state index < -0.39 is 0 Å². The first-order valence-corrected chi connectivity index (χ1v) is 4.86. The molecule has 0 saturated heterocycles. The van der Waals surface area contributed by atoms with E-state index in [0.29, 0.717) is 0 Å². The molecule has 0 spiro atoms. The number of nitrogens with zero attached hydrogens (tertiary/aromatic N) is 2. The van der Waals surface area contributed by atoms with Crippen molar-refractivity contribution in [1.29, 1.82) is 0 Å². The minimum absolute atomic E-state index is 0.949. The van der Waals surface area contributed by atoms with Crippen LogP contribution in [0.5, 0.6) is 0 Å². The lowest BCUT2D eigenvalue weighted by molar-refractivity contribution is 1.29. The predicted molar refractivity (Wildman–Crippen MR) is 69.9 cm³/mol. The van der Waals surface area contributed by atoms with E-state index in [9.17, 15) is 0 Å². The van der Waals surface area contributed by atoms with Gasteiger partial charge in [-0.3, -0.25) is 9.97 Å². The van der Waals surface area contributed by atoms with Crippen molar-refractivity contribution in [3.63, 3.8) is 0 Å². The van der Waals surface area contributed by atoms with Gasteiger partial charge in [0.05, 0.1) is 11.0 Å². The second-order valence-corrected chi connectivity index (χ2v) is 2.05. The molecule has 2 aromatic rings. The Balaban J connectivity index is 0. The number of benzene rings is 1. The molecule has 6 N–H and O–H groups in total. The summed E-state index contributed by atoms with van der Waals surface area (Å²) in [4.78, 5) is 8.24. The second kappa shape index (κ2) is 13.4. The van der Waals surface area contributed by atoms with E-state index in [4.69, 9.17) is 0 Å². The highest BCUT2D eigenvalue weighted by Gasteiger charge is 1.88. The van der Waals surface area contributed by atoms with Crippen LogP contribution in [0.25, 0.3) is 11.0 Å². The fraction of sp³-hybridized carbons (Fsp3) is 0.273. The standard InChI is InChI=1S/C8H6N2.3CH5N/c1-2-4-8-7(3-1)9-5-6-10-8;3*1-2/h1-6H;3*2H2,1H3. The summed E-state index contributed by atoms with van der Waals surface area (Å²) in [5, 5.41) is 0. The monoisotopic (exact) mass is 223 g/mol. The van der Waals surface area contributed by atoms with Gasteiger partial charge in [-0.25, -0.2) is 0 Å². The first kappa shape index (κ1) is 16.9. The van der Waals surface area contributed by atoms with E-state index in [1.165, 1.54) is 21.1 Å². The van der Waals surface area contributed by atoms with Crippen molar-refractivity contribution in [3.8, 4) is 0 Å². The van der Waals surface area contributed by atoms with Gasteiger partial charge in [-0.05, 0) is 33.3 Å². The molecule has 1 aromatic carbocycles. The Morgan fingerprint density at radius 1 is 0.688 bits per heavy atom. The van der Waals surface area contributed by atoms with Crippen LogP contribution in [0.15, 0.2) is 36.7 Å². The van der Waals surface area contributed by atoms with Crippen LogP contribution < -0.4 is 17.2 Å². The van der Waals surface area contributed by atoms with Crippen LogP contribution in [0, 0.1) is 0 Å². The number of para-hydroxylation sites is 2. The Morgan fingerprint density at radius 3 is 1.31 bits per heavy atom. The molecular formula is C11H21N5. The molecule has 5 heteroatoms. The fourth-order valence-corrected chi connectivity index (χ4v) is 0.910. The highest BCUT2D eigenvalue weighted by Crippen LogP contribution is 2.04. The maximum absolute atomic E-state index is 4.50. The Hall–Kier alpha value is -1.56. The van der Waals surface area contributed by atoms with Crippen LogP contribution in [-0.2, 0) is 0 Å². The lowest BCUT2D eigenvalue weighted by Gasteiger charge is -1.90. The lowest BCUT2D eigenvalue weighted by atomic mass is 10.3. The minimum atomic E-state index is 0.949. The quantitative estimate of drug-likeness (QED) is 0.598. The molecule has 1 aromatic heterocycles. The van der Waals surface area contributed by atoms with Crippen molar-refractivity contribution < 1.29 is 0 Å². The third-order valence-corrected chi connectivity index (χ3v) is 1.38. The highest BCUT2D eigenvalue weighted by molar-refractivity contribution is 5.72. The maximum Gasteiger partial charge on any atom is 0.0886 e. The smallest absolute Gasteiger partial charge is 0.0886 e. The molecule has 16 heavy (non-hydrogen) atoms. The zero-order valence-electron chi connectivity index (χ0n) is 10.1. The summed E-state index contributed by atoms with van der Waals surface area (Å²) < 4.78 is 0. The van der Waals surface area contributed by atoms with Gasteiger partial charge in [0.2, 0.25) is 0 Å². The van der Waals surface area contributed by atoms with Gasteiger partial charge in [0.1, 0.15) is 0 Å². The summed E-state index contributed by atoms with van der Waals surface area (Å²) in [6, 6.07) is 7.80. The SMILES string of the molecule is CN.CN.CN.c1ccc2nccnc2c1. The van der Waals surface area contributed by atoms with Gasteiger partial charge in [-0.15, -0.1) is 0 Å². The van der Waals surface area contributed by atoms with E-state index in [1.807, 2.05) is 24.3 Å². The number of nitrogens with two attached hydrogens (primary N) is 3. The number of rotatable bonds is 0. The minimum Gasteiger partial charge on any atom is -0.333 e. The number of hydrogen-bond acceptors (Lipinski definition) is 5. The summed E-state index contributed by atoms with van der Waals surface area (Å²) in [5.41, 5.74) is 15.4. The molecule has 0 aliphatic heterocycles. The van der Waals surface area contributed by atoms with Crippen LogP contribution >= 0.6 is 0 Å². The zero-order valence-corrected chi connectivity index (χ0v) is 10.1. The van der Waals surface area contributed by atoms with E-state index in [0.717, 1.165) is 11.0 Å². The Morgan fingerprint density at radius 2 is 1.00 bits per heavy atom. The number of hydrogen-bond donors (Lipinski definition) is 3. The molecule has 0 amide bonds. The van der Waals surface area contributed by atoms with Crippen LogP contribution in [-0.4, -0.2) is 31.1 Å². The Bertz CT molecular complexity index is 285. The molecular weight excluding hydrogens is 202 g/mol. The van der Waals surface area contributed by atoms with Crippen molar-refractivity contribution in [3.05, 3.63) is 36.7 Å². The van der Waals surface area contributed by atoms with Crippen molar-refractivity contribution in [1.82, 2.24) is 9.97 Å². The summed E-state index contributed by atoms with van der Waals surface area (Å²) in [7, 11) is 4.50. The van der Waals surface area contributed by atoms with Gasteiger partial charge in [0.25, 0.3) is 0 Å². The molecule has 5 nitrogen and oxygen atoms in total. The largest absolute Gasteiger partial charge is 0.333 e. The summed E-state index contributed by atoms with van der Waals surface area (Å²) >= 11 is 0. The topological polar surface area (TPSA) is 104 Å². The van der Waals surface area contributed by atoms with Crippen molar-refractivity contribution in [2.75, 3.05) is 21.1 Å². The van der Waals surface area contributed by atoms with Crippen LogP contribution in [0.1, 0.15) is 0 Å². The normalized spacial score (nSPS) is 7.38. The average molecular weight is 223 g/mol. The molecule has 0 bridgehead atoms. The molecule has 0 unspecified atom stereocenters. The van der Waals surface area contributed by atoms with Crippen molar-refractivity contribution >= 4 is 11.0 Å². The Kier molecular flexibility index (Phi) is 14.2. The average Bonchev–Trinajstić information content (AvgIpc) is 2.45. The van der Waals surface area contributed by atoms with E-state index in [1.54, 1.807) is 12.4 Å². The summed E-state index contributed by atoms with van der Waals surface area (Å²) in [5.74, 6) is 0. The second-order valence-electron chi connectivity index (χ2n) is 2.05. The van der Waals surface area contributed by atoms with Gasteiger partial charge < -0.3 is 17.2 Å². The van der Waals surface area contributed by atoms with E-state index >= 15 is 0 Å². The number of aromatic nitrogens is 2. The third-order valence-electron chi connectivity index (χ3n) is 1.38. The first-order chi connectivity index (χ1) is 7.97. The molecule has 1 heterocycles. The van der Waals surface area contributed by atoms with Crippen molar-refractivity contribution in [2.45, 2.75) is 0 Å². The molecule has 0 aliphatic rings. The first-order valence-electron chi connectivity index (χ1n) is 4.86. The molecule has 0 atom stereocenters. The van der Waals surface area contributed by atoms with Crippen LogP contribution in [0.3, 0.4) is 0 Å². The summed E-state index contributed by atoms with van der Waals surface area (Å²) in [6.45, 7) is 0. The maximum atomic E-state index is 4.50. The molecule has 2 rings (SSSR count). The van der Waals surface area contributed by atoms with Crippen molar-refractivity contribution in [2.24, 2.45) is 17.2 Å². The zero-order chi connectivity index (χ0) is 12.8. The predicted octanol–water partition coefficient (Wildman–Crippen LogP) is 0.355. The van der Waals surface area contributed by atoms with Gasteiger partial charge in [0.15, 0.2) is 0 Å². The number of fused-ring (bicyclic) bond motifs is 1. The van der Waals surface area contributed by atoms with Crippen LogP contribution in [0.4, 0.5) is 0 Å². The van der Waals surface area contributed by atoms with Gasteiger partial charge >= 0.3 is 0 Å². The Labute approximate surface area is 96.7 Å². The molecule has 0 radical (unpaired) electrons. The molecule has 0 fully saturated rings. The van der Waals surface area contributed by atoms with E-state index in [-0.39, 0.29) is 0 Å². The van der Waals surface area contributed by atoms with Gasteiger partial charge in [-0.2, -0.15) is 0 Å². The molecule has 0 aliphatic carbocycles. The molecule has 90 valence electrons.